The summed E-state index contributed by atoms with van der Waals surface area (Å²) in [5.41, 5.74) is 7.87. The van der Waals surface area contributed by atoms with Crippen LogP contribution in [0, 0.1) is 5.82 Å². The number of nitrogens with one attached hydrogen (secondary N) is 1. The van der Waals surface area contributed by atoms with Crippen LogP contribution in [0.2, 0.25) is 0 Å². The van der Waals surface area contributed by atoms with Crippen LogP contribution < -0.4 is 15.8 Å². The van der Waals surface area contributed by atoms with Crippen LogP contribution in [-0.4, -0.2) is 24.2 Å². The van der Waals surface area contributed by atoms with Crippen molar-refractivity contribution in [2.24, 2.45) is 5.73 Å². The van der Waals surface area contributed by atoms with E-state index in [1.807, 2.05) is 12.3 Å². The molecular weight excluding hydrogens is 293 g/mol. The molecule has 1 aromatic heterocycles. The molecule has 0 aliphatic carbocycles. The fraction of sp³-hybridized carbons (Fsp3) is 0.389. The molecule has 0 aliphatic heterocycles. The second-order valence-electron chi connectivity index (χ2n) is 6.62. The van der Waals surface area contributed by atoms with Crippen molar-refractivity contribution in [2.45, 2.75) is 32.2 Å². The normalized spacial score (nSPS) is 12.7. The third kappa shape index (κ3) is 5.53. The van der Waals surface area contributed by atoms with Gasteiger partial charge in [0.2, 0.25) is 0 Å². The van der Waals surface area contributed by atoms with Crippen LogP contribution in [0.3, 0.4) is 0 Å². The summed E-state index contributed by atoms with van der Waals surface area (Å²) in [6.07, 6.45) is 3.53. The van der Waals surface area contributed by atoms with E-state index in [0.29, 0.717) is 24.6 Å². The first-order valence-electron chi connectivity index (χ1n) is 7.68. The van der Waals surface area contributed by atoms with E-state index in [2.05, 4.69) is 31.1 Å². The van der Waals surface area contributed by atoms with Gasteiger partial charge in [-0.05, 0) is 35.2 Å². The second-order valence-corrected chi connectivity index (χ2v) is 6.62. The van der Waals surface area contributed by atoms with Crippen molar-refractivity contribution in [1.29, 1.82) is 0 Å². The molecule has 0 saturated carbocycles. The Hall–Kier alpha value is -2.14. The van der Waals surface area contributed by atoms with E-state index >= 15 is 0 Å². The summed E-state index contributed by atoms with van der Waals surface area (Å²) in [5, 5.41) is 3.10. The van der Waals surface area contributed by atoms with E-state index in [-0.39, 0.29) is 17.3 Å². The number of benzene rings is 1. The molecule has 0 fully saturated rings. The monoisotopic (exact) mass is 317 g/mol. The van der Waals surface area contributed by atoms with Gasteiger partial charge in [0.05, 0.1) is 12.2 Å². The number of halogens is 1. The number of hydrogen-bond acceptors (Lipinski definition) is 4. The highest BCUT2D eigenvalue weighted by Gasteiger charge is 2.15. The molecule has 23 heavy (non-hydrogen) atoms. The molecule has 0 spiro atoms. The topological polar surface area (TPSA) is 60.2 Å². The molecule has 2 rings (SSSR count). The van der Waals surface area contributed by atoms with Crippen molar-refractivity contribution in [1.82, 2.24) is 4.98 Å². The Labute approximate surface area is 136 Å². The van der Waals surface area contributed by atoms with Gasteiger partial charge in [-0.2, -0.15) is 0 Å². The molecule has 2 aromatic rings. The minimum Gasteiger partial charge on any atom is -0.490 e. The van der Waals surface area contributed by atoms with Crippen LogP contribution >= 0.6 is 0 Å². The van der Waals surface area contributed by atoms with E-state index in [4.69, 9.17) is 10.5 Å². The third-order valence-electron chi connectivity index (χ3n) is 3.44. The number of anilines is 1. The molecule has 1 aromatic carbocycles. The first-order valence-corrected chi connectivity index (χ1v) is 7.68. The summed E-state index contributed by atoms with van der Waals surface area (Å²) in [6.45, 7) is 7.24. The molecule has 0 radical (unpaired) electrons. The maximum Gasteiger partial charge on any atom is 0.137 e. The number of nitrogens with two attached hydrogens (primary N) is 1. The summed E-state index contributed by atoms with van der Waals surface area (Å²) in [5.74, 6) is 0.434. The first kappa shape index (κ1) is 17.2. The van der Waals surface area contributed by atoms with Gasteiger partial charge in [0, 0.05) is 18.4 Å². The number of pyridine rings is 1. The minimum atomic E-state index is -0.273. The zero-order chi connectivity index (χ0) is 16.9. The minimum absolute atomic E-state index is 0.0213. The Bertz CT molecular complexity index is 640. The summed E-state index contributed by atoms with van der Waals surface area (Å²) in [6, 6.07) is 8.07. The Balaban J connectivity index is 1.83. The maximum atomic E-state index is 13.1. The zero-order valence-electron chi connectivity index (χ0n) is 13.8. The third-order valence-corrected chi connectivity index (χ3v) is 3.44. The summed E-state index contributed by atoms with van der Waals surface area (Å²) < 4.78 is 18.8. The molecule has 0 saturated heterocycles. The van der Waals surface area contributed by atoms with E-state index in [1.165, 1.54) is 12.1 Å². The predicted molar refractivity (Wildman–Crippen MR) is 91.3 cm³/mol. The molecule has 124 valence electrons. The zero-order valence-corrected chi connectivity index (χ0v) is 13.8. The lowest BCUT2D eigenvalue weighted by molar-refractivity contribution is 0.291. The molecule has 1 heterocycles. The van der Waals surface area contributed by atoms with Crippen molar-refractivity contribution in [3.63, 3.8) is 0 Å². The molecule has 0 amide bonds. The van der Waals surface area contributed by atoms with Crippen LogP contribution in [0.5, 0.6) is 5.75 Å². The van der Waals surface area contributed by atoms with Gasteiger partial charge in [0.15, 0.2) is 0 Å². The van der Waals surface area contributed by atoms with Crippen molar-refractivity contribution < 1.29 is 9.13 Å². The Morgan fingerprint density at radius 3 is 2.74 bits per heavy atom. The van der Waals surface area contributed by atoms with Gasteiger partial charge >= 0.3 is 0 Å². The lowest BCUT2D eigenvalue weighted by atomic mass is 9.88. The van der Waals surface area contributed by atoms with Gasteiger partial charge in [-0.25, -0.2) is 4.39 Å². The van der Waals surface area contributed by atoms with Gasteiger partial charge in [0.25, 0.3) is 0 Å². The van der Waals surface area contributed by atoms with E-state index < -0.39 is 0 Å². The average molecular weight is 317 g/mol. The molecule has 5 heteroatoms. The van der Waals surface area contributed by atoms with Gasteiger partial charge in [-0.1, -0.05) is 26.8 Å². The quantitative estimate of drug-likeness (QED) is 0.858. The summed E-state index contributed by atoms with van der Waals surface area (Å²) in [7, 11) is 0. The van der Waals surface area contributed by atoms with E-state index in [1.54, 1.807) is 18.3 Å². The van der Waals surface area contributed by atoms with Crippen LogP contribution in [-0.2, 0) is 5.41 Å². The molecule has 3 N–H and O–H groups in total. The van der Waals surface area contributed by atoms with Crippen molar-refractivity contribution >= 4 is 5.69 Å². The lowest BCUT2D eigenvalue weighted by Crippen LogP contribution is -2.35. The molecular formula is C18H24FN3O. The average Bonchev–Trinajstić information content (AvgIpc) is 2.50. The number of ether oxygens (including phenoxy) is 1. The first-order chi connectivity index (χ1) is 10.8. The highest BCUT2D eigenvalue weighted by atomic mass is 19.1. The van der Waals surface area contributed by atoms with Gasteiger partial charge in [-0.3, -0.25) is 4.98 Å². The van der Waals surface area contributed by atoms with Crippen molar-refractivity contribution in [3.8, 4) is 5.75 Å². The number of hydrogen-bond donors (Lipinski definition) is 2. The van der Waals surface area contributed by atoms with Crippen LogP contribution in [0.25, 0.3) is 0 Å². The molecule has 4 nitrogen and oxygen atoms in total. The van der Waals surface area contributed by atoms with Crippen molar-refractivity contribution in [2.75, 3.05) is 18.5 Å². The standard InChI is InChI=1S/C18H24FN3O/c1-18(2,3)13-7-17(11-21-9-13)23-12-15(20)10-22-16-6-4-5-14(19)8-16/h4-9,11,15,22H,10,12,20H2,1-3H3/t15-/m0/s1. The summed E-state index contributed by atoms with van der Waals surface area (Å²) >= 11 is 0. The molecule has 0 bridgehead atoms. The van der Waals surface area contributed by atoms with Crippen LogP contribution in [0.1, 0.15) is 26.3 Å². The number of rotatable bonds is 6. The summed E-state index contributed by atoms with van der Waals surface area (Å²) in [4.78, 5) is 4.21. The SMILES string of the molecule is CC(C)(C)c1cncc(OC[C@@H](N)CNc2cccc(F)c2)c1. The predicted octanol–water partition coefficient (Wildman–Crippen LogP) is 3.34. The van der Waals surface area contributed by atoms with E-state index in [0.717, 1.165) is 5.56 Å². The highest BCUT2D eigenvalue weighted by molar-refractivity contribution is 5.43. The lowest BCUT2D eigenvalue weighted by Gasteiger charge is -2.20. The number of nitrogens with zero attached hydrogens (tertiary/aromatic N) is 1. The second kappa shape index (κ2) is 7.42. The van der Waals surface area contributed by atoms with Crippen LogP contribution in [0.15, 0.2) is 42.7 Å². The van der Waals surface area contributed by atoms with Gasteiger partial charge < -0.3 is 15.8 Å². The van der Waals surface area contributed by atoms with Crippen molar-refractivity contribution in [3.05, 3.63) is 54.1 Å². The maximum absolute atomic E-state index is 13.1. The smallest absolute Gasteiger partial charge is 0.137 e. The van der Waals surface area contributed by atoms with E-state index in [9.17, 15) is 4.39 Å². The Morgan fingerprint density at radius 2 is 2.04 bits per heavy atom. The Morgan fingerprint density at radius 1 is 1.26 bits per heavy atom. The number of aromatic nitrogens is 1. The fourth-order valence-corrected chi connectivity index (χ4v) is 2.02. The van der Waals surface area contributed by atoms with Crippen LogP contribution in [0.4, 0.5) is 10.1 Å². The highest BCUT2D eigenvalue weighted by Crippen LogP contribution is 2.24. The largest absolute Gasteiger partial charge is 0.490 e. The van der Waals surface area contributed by atoms with Gasteiger partial charge in [0.1, 0.15) is 18.2 Å². The Kier molecular flexibility index (Phi) is 5.55. The molecule has 0 aliphatic rings. The van der Waals surface area contributed by atoms with Gasteiger partial charge in [-0.15, -0.1) is 0 Å². The molecule has 0 unspecified atom stereocenters. The molecule has 1 atom stereocenters. The fourth-order valence-electron chi connectivity index (χ4n) is 2.02.